The highest BCUT2D eigenvalue weighted by molar-refractivity contribution is 6.99. The highest BCUT2D eigenvalue weighted by Gasteiger charge is 2.55. The molecule has 4 heteroatoms. The Bertz CT molecular complexity index is 773. The quantitative estimate of drug-likeness (QED) is 0.640. The molecule has 2 aromatic rings. The summed E-state index contributed by atoms with van der Waals surface area (Å²) in [7, 11) is -2.62. The number of rotatable bonds is 5. The molecule has 0 aromatic heterocycles. The summed E-state index contributed by atoms with van der Waals surface area (Å²) in [6.45, 7) is 7.72. The van der Waals surface area contributed by atoms with Gasteiger partial charge in [-0.2, -0.15) is 0 Å². The SMILES string of the molecule is CC(C)(C)[Si](OCC12C=CC(CO1)C2O)(c1ccccc1)c1ccccc1. The first-order valence-electron chi connectivity index (χ1n) is 9.65. The minimum Gasteiger partial charge on any atom is -0.404 e. The van der Waals surface area contributed by atoms with Crippen molar-refractivity contribution in [2.24, 2.45) is 5.92 Å². The zero-order chi connectivity index (χ0) is 19.1. The van der Waals surface area contributed by atoms with Gasteiger partial charge in [-0.05, 0) is 15.4 Å². The van der Waals surface area contributed by atoms with E-state index in [1.807, 2.05) is 18.2 Å². The average Bonchev–Trinajstić information content (AvgIpc) is 3.15. The monoisotopic (exact) mass is 380 g/mol. The minimum absolute atomic E-state index is 0.0857. The third-order valence-electron chi connectivity index (χ3n) is 6.01. The van der Waals surface area contributed by atoms with Crippen LogP contribution in [0.2, 0.25) is 5.04 Å². The second-order valence-electron chi connectivity index (χ2n) is 8.69. The molecule has 0 saturated carbocycles. The van der Waals surface area contributed by atoms with Crippen LogP contribution >= 0.6 is 0 Å². The Kier molecular flexibility index (Phi) is 4.63. The summed E-state index contributed by atoms with van der Waals surface area (Å²) in [5, 5.41) is 13.1. The normalized spacial score (nSPS) is 27.3. The lowest BCUT2D eigenvalue weighted by atomic mass is 10.0. The molecule has 2 aromatic carbocycles. The third-order valence-corrected chi connectivity index (χ3v) is 11.0. The van der Waals surface area contributed by atoms with Crippen LogP contribution in [0.4, 0.5) is 0 Å². The fourth-order valence-corrected chi connectivity index (χ4v) is 9.14. The van der Waals surface area contributed by atoms with Crippen LogP contribution in [0, 0.1) is 5.92 Å². The molecule has 1 fully saturated rings. The van der Waals surface area contributed by atoms with Gasteiger partial charge in [0.05, 0.1) is 19.3 Å². The minimum atomic E-state index is -2.62. The summed E-state index contributed by atoms with van der Waals surface area (Å²) in [6, 6.07) is 21.1. The van der Waals surface area contributed by atoms with Crippen LogP contribution in [0.25, 0.3) is 0 Å². The molecule has 1 N–H and O–H groups in total. The Morgan fingerprint density at radius 3 is 1.96 bits per heavy atom. The van der Waals surface area contributed by atoms with E-state index in [9.17, 15) is 5.11 Å². The van der Waals surface area contributed by atoms with Gasteiger partial charge in [0.1, 0.15) is 5.60 Å². The predicted octanol–water partition coefficient (Wildman–Crippen LogP) is 2.88. The summed E-state index contributed by atoms with van der Waals surface area (Å²) in [5.74, 6) is 0.0905. The lowest BCUT2D eigenvalue weighted by Crippen LogP contribution is -2.67. The Morgan fingerprint density at radius 2 is 1.59 bits per heavy atom. The van der Waals surface area contributed by atoms with Crippen molar-refractivity contribution in [2.45, 2.75) is 37.5 Å². The average molecular weight is 381 g/mol. The van der Waals surface area contributed by atoms with Gasteiger partial charge >= 0.3 is 0 Å². The van der Waals surface area contributed by atoms with Crippen LogP contribution in [-0.2, 0) is 9.16 Å². The zero-order valence-electron chi connectivity index (χ0n) is 16.3. The highest BCUT2D eigenvalue weighted by atomic mass is 28.4. The molecule has 1 aliphatic heterocycles. The number of hydrogen-bond donors (Lipinski definition) is 1. The maximum Gasteiger partial charge on any atom is 0.261 e. The van der Waals surface area contributed by atoms with Crippen molar-refractivity contribution in [3.63, 3.8) is 0 Å². The Labute approximate surface area is 162 Å². The molecule has 3 atom stereocenters. The number of aliphatic hydroxyl groups excluding tert-OH is 1. The summed E-state index contributed by atoms with van der Waals surface area (Å²) in [5.41, 5.74) is -0.711. The second kappa shape index (κ2) is 6.71. The fraction of sp³-hybridized carbons (Fsp3) is 0.391. The number of aliphatic hydroxyl groups is 1. The fourth-order valence-electron chi connectivity index (χ4n) is 4.54. The maximum atomic E-state index is 10.7. The van der Waals surface area contributed by atoms with Gasteiger partial charge in [0.25, 0.3) is 8.32 Å². The van der Waals surface area contributed by atoms with Gasteiger partial charge in [-0.15, -0.1) is 0 Å². The lowest BCUT2D eigenvalue weighted by Gasteiger charge is -2.44. The van der Waals surface area contributed by atoms with E-state index in [2.05, 4.69) is 75.4 Å². The number of benzene rings is 2. The van der Waals surface area contributed by atoms with Crippen LogP contribution in [-0.4, -0.2) is 38.3 Å². The lowest BCUT2D eigenvalue weighted by molar-refractivity contribution is -0.0489. The van der Waals surface area contributed by atoms with Gasteiger partial charge < -0.3 is 14.3 Å². The first-order chi connectivity index (χ1) is 12.9. The summed E-state index contributed by atoms with van der Waals surface area (Å²) < 4.78 is 12.9. The Morgan fingerprint density at radius 1 is 1.04 bits per heavy atom. The van der Waals surface area contributed by atoms with Crippen molar-refractivity contribution >= 4 is 18.7 Å². The van der Waals surface area contributed by atoms with Crippen LogP contribution in [0.15, 0.2) is 72.8 Å². The molecule has 3 nitrogen and oxygen atoms in total. The molecule has 4 rings (SSSR count). The van der Waals surface area contributed by atoms with E-state index in [4.69, 9.17) is 9.16 Å². The molecular weight excluding hydrogens is 352 g/mol. The van der Waals surface area contributed by atoms with Gasteiger partial charge in [-0.25, -0.2) is 0 Å². The van der Waals surface area contributed by atoms with Crippen molar-refractivity contribution < 1.29 is 14.3 Å². The van der Waals surface area contributed by atoms with Crippen LogP contribution in [0.5, 0.6) is 0 Å². The van der Waals surface area contributed by atoms with Crippen molar-refractivity contribution in [3.8, 4) is 0 Å². The third kappa shape index (κ3) is 2.92. The van der Waals surface area contributed by atoms with Gasteiger partial charge in [0, 0.05) is 5.92 Å². The summed E-state index contributed by atoms with van der Waals surface area (Å²) in [4.78, 5) is 0. The van der Waals surface area contributed by atoms with Crippen molar-refractivity contribution in [1.29, 1.82) is 0 Å². The number of hydrogen-bond acceptors (Lipinski definition) is 3. The van der Waals surface area contributed by atoms with Crippen molar-refractivity contribution in [1.82, 2.24) is 0 Å². The molecule has 1 heterocycles. The Balaban J connectivity index is 1.80. The maximum absolute atomic E-state index is 10.7. The standard InChI is InChI=1S/C23H28O3Si/c1-22(2,3)27(19-10-6-4-7-11-19,20-12-8-5-9-13-20)26-17-23-15-14-18(16-25-23)21(23)24/h4-15,18,21,24H,16-17H2,1-3H3. The van der Waals surface area contributed by atoms with Gasteiger partial charge in [0.2, 0.25) is 0 Å². The molecule has 2 bridgehead atoms. The molecule has 0 amide bonds. The molecule has 1 aliphatic carbocycles. The summed E-state index contributed by atoms with van der Waals surface area (Å²) >= 11 is 0. The highest BCUT2D eigenvalue weighted by Crippen LogP contribution is 2.42. The second-order valence-corrected chi connectivity index (χ2v) is 13.0. The predicted molar refractivity (Wildman–Crippen MR) is 111 cm³/mol. The molecule has 3 unspecified atom stereocenters. The first kappa shape index (κ1) is 18.6. The molecule has 0 radical (unpaired) electrons. The van der Waals surface area contributed by atoms with E-state index in [1.165, 1.54) is 10.4 Å². The van der Waals surface area contributed by atoms with E-state index in [0.29, 0.717) is 13.2 Å². The number of fused-ring (bicyclic) bond motifs is 2. The smallest absolute Gasteiger partial charge is 0.261 e. The zero-order valence-corrected chi connectivity index (χ0v) is 17.3. The van der Waals surface area contributed by atoms with E-state index in [-0.39, 0.29) is 11.0 Å². The molecular formula is C23H28O3Si. The number of ether oxygens (including phenoxy) is 1. The molecule has 1 saturated heterocycles. The van der Waals surface area contributed by atoms with Crippen molar-refractivity contribution in [2.75, 3.05) is 13.2 Å². The van der Waals surface area contributed by atoms with Gasteiger partial charge in [-0.1, -0.05) is 93.6 Å². The summed E-state index contributed by atoms with van der Waals surface area (Å²) in [6.07, 6.45) is 3.56. The van der Waals surface area contributed by atoms with E-state index >= 15 is 0 Å². The molecule has 142 valence electrons. The van der Waals surface area contributed by atoms with Gasteiger partial charge in [0.15, 0.2) is 0 Å². The topological polar surface area (TPSA) is 38.7 Å². The first-order valence-corrected chi connectivity index (χ1v) is 11.6. The van der Waals surface area contributed by atoms with E-state index in [0.717, 1.165) is 0 Å². The van der Waals surface area contributed by atoms with Crippen molar-refractivity contribution in [3.05, 3.63) is 72.8 Å². The van der Waals surface area contributed by atoms with Crippen LogP contribution < -0.4 is 10.4 Å². The van der Waals surface area contributed by atoms with Crippen LogP contribution in [0.3, 0.4) is 0 Å². The van der Waals surface area contributed by atoms with Crippen LogP contribution in [0.1, 0.15) is 20.8 Å². The van der Waals surface area contributed by atoms with E-state index in [1.54, 1.807) is 0 Å². The molecule has 2 aliphatic rings. The molecule has 27 heavy (non-hydrogen) atoms. The Hall–Kier alpha value is -1.72. The largest absolute Gasteiger partial charge is 0.404 e. The van der Waals surface area contributed by atoms with Gasteiger partial charge in [-0.3, -0.25) is 0 Å². The van der Waals surface area contributed by atoms with E-state index < -0.39 is 20.0 Å². The molecule has 0 spiro atoms.